The molecular weight excluding hydrogens is 425 g/mol. The summed E-state index contributed by atoms with van der Waals surface area (Å²) in [5.41, 5.74) is 0. The van der Waals surface area contributed by atoms with Crippen molar-refractivity contribution in [2.45, 2.75) is 7.53 Å². The second-order valence-corrected chi connectivity index (χ2v) is 40.4. The van der Waals surface area contributed by atoms with Gasteiger partial charge in [-0.2, -0.15) is 0 Å². The van der Waals surface area contributed by atoms with E-state index in [1.807, 2.05) is 24.3 Å². The number of hydrogen-bond donors (Lipinski definition) is 0. The van der Waals surface area contributed by atoms with E-state index in [2.05, 4.69) is 0 Å². The van der Waals surface area contributed by atoms with Crippen LogP contribution in [0, 0.1) is 0 Å². The summed E-state index contributed by atoms with van der Waals surface area (Å²) in [4.78, 5) is 0. The van der Waals surface area contributed by atoms with E-state index in [0.717, 1.165) is 0 Å². The van der Waals surface area contributed by atoms with Gasteiger partial charge in [-0.1, -0.05) is 0 Å². The van der Waals surface area contributed by atoms with Gasteiger partial charge in [-0.15, -0.1) is 0 Å². The maximum atomic E-state index is 6.49. The van der Waals surface area contributed by atoms with Gasteiger partial charge in [0.25, 0.3) is 0 Å². The van der Waals surface area contributed by atoms with Gasteiger partial charge in [-0.3, -0.25) is 0 Å². The Morgan fingerprint density at radius 2 is 1.73 bits per heavy atom. The first-order valence-electron chi connectivity index (χ1n) is 4.56. The Hall–Kier alpha value is 1.14. The van der Waals surface area contributed by atoms with Crippen LogP contribution >= 0.6 is 25.7 Å². The Bertz CT molecular complexity index is 271. The van der Waals surface area contributed by atoms with Gasteiger partial charge in [0.15, 0.2) is 0 Å². The number of allylic oxidation sites excluding steroid dienone is 4. The Kier molecular flexibility index (Phi) is 4.92. The molecule has 0 saturated carbocycles. The SMILES string of the molecule is COC[CH](OC)[Hf]([Cl])([Cl])([Cl])[CH]1C=CC=C1. The van der Waals surface area contributed by atoms with E-state index in [4.69, 9.17) is 35.2 Å². The molecule has 1 unspecified atom stereocenters. The van der Waals surface area contributed by atoms with Crippen molar-refractivity contribution in [3.63, 3.8) is 0 Å². The molecule has 0 fully saturated rings. The van der Waals surface area contributed by atoms with E-state index in [1.54, 1.807) is 14.2 Å². The van der Waals surface area contributed by atoms with Gasteiger partial charge in [0.2, 0.25) is 0 Å². The second kappa shape index (κ2) is 5.19. The van der Waals surface area contributed by atoms with E-state index in [9.17, 15) is 0 Å². The molecule has 1 rings (SSSR count). The molecule has 0 aromatic heterocycles. The maximum absolute atomic E-state index is 6.49. The molecule has 0 heterocycles. The Morgan fingerprint density at radius 3 is 2.13 bits per heavy atom. The molecule has 0 saturated heterocycles. The van der Waals surface area contributed by atoms with Crippen molar-refractivity contribution in [2.24, 2.45) is 0 Å². The first-order chi connectivity index (χ1) is 6.91. The normalized spacial score (nSPS) is 21.5. The molecule has 2 nitrogen and oxygen atoms in total. The van der Waals surface area contributed by atoms with E-state index in [0.29, 0.717) is 6.61 Å². The summed E-state index contributed by atoms with van der Waals surface area (Å²) in [6.07, 6.45) is 7.63. The monoisotopic (exact) mass is 439 g/mol. The summed E-state index contributed by atoms with van der Waals surface area (Å²) < 4.78 is 9.82. The molecule has 1 atom stereocenters. The van der Waals surface area contributed by atoms with E-state index in [1.165, 1.54) is 0 Å². The van der Waals surface area contributed by atoms with Gasteiger partial charge in [0, 0.05) is 0 Å². The molecule has 15 heavy (non-hydrogen) atoms. The van der Waals surface area contributed by atoms with Crippen molar-refractivity contribution in [3.8, 4) is 0 Å². The predicted molar refractivity (Wildman–Crippen MR) is 62.3 cm³/mol. The van der Waals surface area contributed by atoms with Crippen LogP contribution in [0.25, 0.3) is 0 Å². The molecule has 1 aliphatic carbocycles. The topological polar surface area (TPSA) is 18.5 Å². The molecule has 0 bridgehead atoms. The summed E-state index contributed by atoms with van der Waals surface area (Å²) in [7, 11) is 22.6. The number of hydrogen-bond acceptors (Lipinski definition) is 2. The Morgan fingerprint density at radius 1 is 1.20 bits per heavy atom. The van der Waals surface area contributed by atoms with Crippen LogP contribution in [-0.2, 0) is 24.4 Å². The molecule has 87 valence electrons. The molecule has 0 amide bonds. The van der Waals surface area contributed by atoms with Gasteiger partial charge >= 0.3 is 103 Å². The summed E-state index contributed by atoms with van der Waals surface area (Å²) in [5, 5.41) is 0. The molecule has 0 radical (unpaired) electrons. The summed E-state index contributed by atoms with van der Waals surface area (Å²) in [6.45, 7) is 0.320. The molecule has 0 spiro atoms. The zero-order valence-electron chi connectivity index (χ0n) is 8.62. The van der Waals surface area contributed by atoms with Gasteiger partial charge in [0.05, 0.1) is 0 Å². The fraction of sp³-hybridized carbons (Fsp3) is 0.556. The van der Waals surface area contributed by atoms with Crippen LogP contribution in [0.4, 0.5) is 0 Å². The van der Waals surface area contributed by atoms with Crippen LogP contribution in [0.2, 0.25) is 3.67 Å². The summed E-state index contributed by atoms with van der Waals surface area (Å²) >= 11 is -4.56. The summed E-state index contributed by atoms with van der Waals surface area (Å²) in [6, 6.07) is 0. The number of ether oxygens (including phenoxy) is 2. The third-order valence-corrected chi connectivity index (χ3v) is 25.5. The molecular formula is C9H14Cl3HfO2. The van der Waals surface area contributed by atoms with Gasteiger partial charge in [-0.05, 0) is 0 Å². The molecule has 6 heteroatoms. The van der Waals surface area contributed by atoms with Gasteiger partial charge in [-0.25, -0.2) is 0 Å². The van der Waals surface area contributed by atoms with Crippen molar-refractivity contribution in [2.75, 3.05) is 20.8 Å². The van der Waals surface area contributed by atoms with Gasteiger partial charge in [0.1, 0.15) is 0 Å². The second-order valence-electron chi connectivity index (χ2n) is 3.51. The van der Waals surface area contributed by atoms with Crippen molar-refractivity contribution in [1.29, 1.82) is 0 Å². The summed E-state index contributed by atoms with van der Waals surface area (Å²) in [5.74, 6) is 0. The van der Waals surface area contributed by atoms with Gasteiger partial charge < -0.3 is 0 Å². The fourth-order valence-corrected chi connectivity index (χ4v) is 16.6. The molecule has 1 aliphatic rings. The molecule has 0 aromatic carbocycles. The minimum absolute atomic E-state index is 0.0906. The average Bonchev–Trinajstić information content (AvgIpc) is 2.66. The predicted octanol–water partition coefficient (Wildman–Crippen LogP) is 3.67. The van der Waals surface area contributed by atoms with Crippen LogP contribution in [0.1, 0.15) is 0 Å². The Balaban J connectivity index is 2.93. The molecule has 0 N–H and O–H groups in total. The third-order valence-electron chi connectivity index (χ3n) is 2.47. The standard InChI is InChI=1S/C5H5.C4H9O2.3ClH.Hf/c1-2-4-5-3-1;1-5-3-4-6-2;;;;/h1-5H;3H,4H2,1-2H3;3*1H;/q;;;;;+3/p-3. The minimum atomic E-state index is -4.56. The van der Waals surface area contributed by atoms with Crippen LogP contribution in [0.5, 0.6) is 0 Å². The zero-order valence-corrected chi connectivity index (χ0v) is 14.5. The molecule has 0 aromatic rings. The van der Waals surface area contributed by atoms with Crippen LogP contribution in [0.15, 0.2) is 24.3 Å². The zero-order chi connectivity index (χ0) is 11.6. The average molecular weight is 439 g/mol. The first kappa shape index (κ1) is 14.2. The van der Waals surface area contributed by atoms with E-state index >= 15 is 0 Å². The first-order valence-corrected chi connectivity index (χ1v) is 22.1. The Labute approximate surface area is 102 Å². The van der Waals surface area contributed by atoms with Crippen LogP contribution in [0.3, 0.4) is 0 Å². The third kappa shape index (κ3) is 3.08. The van der Waals surface area contributed by atoms with E-state index in [-0.39, 0.29) is 3.67 Å². The number of methoxy groups -OCH3 is 2. The fourth-order valence-electron chi connectivity index (χ4n) is 1.54. The van der Waals surface area contributed by atoms with Crippen molar-refractivity contribution in [1.82, 2.24) is 0 Å². The van der Waals surface area contributed by atoms with Crippen LogP contribution < -0.4 is 0 Å². The van der Waals surface area contributed by atoms with Crippen molar-refractivity contribution < 1.29 is 24.4 Å². The van der Waals surface area contributed by atoms with Crippen molar-refractivity contribution >= 4 is 25.7 Å². The van der Waals surface area contributed by atoms with E-state index < -0.39 is 18.8 Å². The number of halogens is 3. The number of rotatable bonds is 5. The quantitative estimate of drug-likeness (QED) is 0.610. The van der Waals surface area contributed by atoms with Crippen molar-refractivity contribution in [3.05, 3.63) is 24.3 Å². The van der Waals surface area contributed by atoms with Crippen LogP contribution in [-0.4, -0.2) is 24.7 Å². The molecule has 0 aliphatic heterocycles.